The fourth-order valence-electron chi connectivity index (χ4n) is 1.13. The quantitative estimate of drug-likeness (QED) is 0.556. The van der Waals surface area contributed by atoms with Crippen molar-refractivity contribution in [1.29, 1.82) is 0 Å². The Morgan fingerprint density at radius 3 is 1.76 bits per heavy atom. The van der Waals surface area contributed by atoms with E-state index in [0.717, 1.165) is 28.5 Å². The van der Waals surface area contributed by atoms with Gasteiger partial charge in [0.1, 0.15) is 0 Å². The topological polar surface area (TPSA) is 87.2 Å². The summed E-state index contributed by atoms with van der Waals surface area (Å²) < 4.78 is 3.52. The number of hydrogen-bond acceptors (Lipinski definition) is 8. The number of aryl methyl sites for hydroxylation is 2. The Labute approximate surface area is 107 Å². The van der Waals surface area contributed by atoms with Crippen molar-refractivity contribution in [2.75, 3.05) is 5.08 Å². The fourth-order valence-corrected chi connectivity index (χ4v) is 3.03. The van der Waals surface area contributed by atoms with Gasteiger partial charge in [0, 0.05) is 13.1 Å². The van der Waals surface area contributed by atoms with E-state index in [1.165, 1.54) is 0 Å². The minimum Gasteiger partial charge on any atom is -0.221 e. The van der Waals surface area contributed by atoms with E-state index in [4.69, 9.17) is 0 Å². The molecule has 0 aliphatic carbocycles. The SMILES string of the molecule is CCn1nnnc1SCSc1nnnn1CC. The van der Waals surface area contributed by atoms with Crippen LogP contribution in [-0.4, -0.2) is 45.5 Å². The summed E-state index contributed by atoms with van der Waals surface area (Å²) in [6.07, 6.45) is 0. The van der Waals surface area contributed by atoms with E-state index in [2.05, 4.69) is 31.1 Å². The number of aromatic nitrogens is 8. The summed E-state index contributed by atoms with van der Waals surface area (Å²) in [5.41, 5.74) is 0. The molecule has 0 aliphatic heterocycles. The molecule has 2 heterocycles. The van der Waals surface area contributed by atoms with Crippen LogP contribution in [0, 0.1) is 0 Å². The molecule has 0 amide bonds. The van der Waals surface area contributed by atoms with Crippen molar-refractivity contribution in [2.24, 2.45) is 0 Å². The van der Waals surface area contributed by atoms with Crippen LogP contribution >= 0.6 is 23.5 Å². The third-order valence-electron chi connectivity index (χ3n) is 1.97. The lowest BCUT2D eigenvalue weighted by atomic mass is 10.8. The van der Waals surface area contributed by atoms with E-state index in [9.17, 15) is 0 Å². The highest BCUT2D eigenvalue weighted by Gasteiger charge is 2.08. The number of tetrazole rings is 2. The van der Waals surface area contributed by atoms with Crippen LogP contribution in [0.15, 0.2) is 10.3 Å². The lowest BCUT2D eigenvalue weighted by Gasteiger charge is -2.01. The zero-order valence-electron chi connectivity index (χ0n) is 9.52. The molecule has 2 rings (SSSR count). The van der Waals surface area contributed by atoms with E-state index < -0.39 is 0 Å². The zero-order valence-corrected chi connectivity index (χ0v) is 11.1. The standard InChI is InChI=1S/C7H12N8S2/c1-3-14-6(8-10-12-14)16-5-17-7-9-11-13-15(7)4-2/h3-5H2,1-2H3. The van der Waals surface area contributed by atoms with Gasteiger partial charge in [0.25, 0.3) is 0 Å². The molecule has 0 unspecified atom stereocenters. The Kier molecular flexibility index (Phi) is 4.31. The molecule has 0 aliphatic rings. The van der Waals surface area contributed by atoms with Crippen molar-refractivity contribution < 1.29 is 0 Å². The van der Waals surface area contributed by atoms with Crippen LogP contribution in [0.5, 0.6) is 0 Å². The summed E-state index contributed by atoms with van der Waals surface area (Å²) in [5.74, 6) is 0. The van der Waals surface area contributed by atoms with Crippen LogP contribution in [-0.2, 0) is 13.1 Å². The van der Waals surface area contributed by atoms with Gasteiger partial charge in [-0.05, 0) is 34.7 Å². The molecule has 0 radical (unpaired) electrons. The third-order valence-corrected chi connectivity index (χ3v) is 4.02. The summed E-state index contributed by atoms with van der Waals surface area (Å²) >= 11 is 3.15. The average Bonchev–Trinajstić information content (AvgIpc) is 2.97. The molecule has 2 aromatic heterocycles. The van der Waals surface area contributed by atoms with Crippen molar-refractivity contribution in [2.45, 2.75) is 37.2 Å². The molecule has 0 aromatic carbocycles. The van der Waals surface area contributed by atoms with Gasteiger partial charge in [-0.25, -0.2) is 9.36 Å². The van der Waals surface area contributed by atoms with E-state index in [0.29, 0.717) is 0 Å². The van der Waals surface area contributed by atoms with Gasteiger partial charge < -0.3 is 0 Å². The van der Waals surface area contributed by atoms with Gasteiger partial charge >= 0.3 is 0 Å². The van der Waals surface area contributed by atoms with Gasteiger partial charge in [-0.2, -0.15) is 0 Å². The van der Waals surface area contributed by atoms with Crippen LogP contribution in [0.2, 0.25) is 0 Å². The molecule has 2 aromatic rings. The number of thioether (sulfide) groups is 2. The molecule has 0 bridgehead atoms. The summed E-state index contributed by atoms with van der Waals surface area (Å²) in [6.45, 7) is 5.55. The zero-order chi connectivity index (χ0) is 12.1. The predicted molar refractivity (Wildman–Crippen MR) is 63.6 cm³/mol. The van der Waals surface area contributed by atoms with Crippen LogP contribution in [0.3, 0.4) is 0 Å². The van der Waals surface area contributed by atoms with Crippen molar-refractivity contribution >= 4 is 23.5 Å². The Balaban J connectivity index is 1.87. The summed E-state index contributed by atoms with van der Waals surface area (Å²) in [5, 5.41) is 25.3. The van der Waals surface area contributed by atoms with Crippen LogP contribution in [0.4, 0.5) is 0 Å². The Morgan fingerprint density at radius 2 is 1.35 bits per heavy atom. The second-order valence-corrected chi connectivity index (χ2v) is 5.21. The van der Waals surface area contributed by atoms with Crippen molar-refractivity contribution in [1.82, 2.24) is 40.4 Å². The fraction of sp³-hybridized carbons (Fsp3) is 0.714. The van der Waals surface area contributed by atoms with Gasteiger partial charge in [-0.1, -0.05) is 23.5 Å². The van der Waals surface area contributed by atoms with E-state index in [1.54, 1.807) is 32.9 Å². The highest BCUT2D eigenvalue weighted by Crippen LogP contribution is 2.24. The predicted octanol–water partition coefficient (Wildman–Crippen LogP) is 0.541. The van der Waals surface area contributed by atoms with Gasteiger partial charge in [-0.3, -0.25) is 0 Å². The van der Waals surface area contributed by atoms with Gasteiger partial charge in [-0.15, -0.1) is 10.2 Å². The molecule has 8 nitrogen and oxygen atoms in total. The average molecular weight is 272 g/mol. The first-order valence-corrected chi connectivity index (χ1v) is 7.10. The van der Waals surface area contributed by atoms with Gasteiger partial charge in [0.2, 0.25) is 10.3 Å². The second kappa shape index (κ2) is 5.96. The second-order valence-electron chi connectivity index (χ2n) is 2.96. The maximum atomic E-state index is 3.94. The lowest BCUT2D eigenvalue weighted by molar-refractivity contribution is 0.581. The highest BCUT2D eigenvalue weighted by atomic mass is 32.2. The Hall–Kier alpha value is -1.16. The Morgan fingerprint density at radius 1 is 0.882 bits per heavy atom. The molecule has 10 heteroatoms. The molecule has 0 fully saturated rings. The van der Waals surface area contributed by atoms with Crippen LogP contribution in [0.1, 0.15) is 13.8 Å². The van der Waals surface area contributed by atoms with Crippen LogP contribution < -0.4 is 0 Å². The molecule has 0 N–H and O–H groups in total. The monoisotopic (exact) mass is 272 g/mol. The first-order chi connectivity index (χ1) is 8.35. The maximum Gasteiger partial charge on any atom is 0.210 e. The highest BCUT2D eigenvalue weighted by molar-refractivity contribution is 8.15. The molecule has 0 saturated carbocycles. The summed E-state index contributed by atoms with van der Waals surface area (Å²) in [7, 11) is 0. The van der Waals surface area contributed by atoms with Crippen molar-refractivity contribution in [3.8, 4) is 0 Å². The molecular weight excluding hydrogens is 260 g/mol. The lowest BCUT2D eigenvalue weighted by Crippen LogP contribution is -2.00. The summed E-state index contributed by atoms with van der Waals surface area (Å²) in [4.78, 5) is 0. The van der Waals surface area contributed by atoms with Crippen molar-refractivity contribution in [3.05, 3.63) is 0 Å². The van der Waals surface area contributed by atoms with Crippen LogP contribution in [0.25, 0.3) is 0 Å². The van der Waals surface area contributed by atoms with Crippen molar-refractivity contribution in [3.63, 3.8) is 0 Å². The number of rotatable bonds is 6. The molecule has 0 saturated heterocycles. The maximum absolute atomic E-state index is 3.94. The van der Waals surface area contributed by atoms with E-state index in [-0.39, 0.29) is 0 Å². The Bertz CT molecular complexity index is 424. The number of nitrogens with zero attached hydrogens (tertiary/aromatic N) is 8. The molecule has 0 spiro atoms. The number of hydrogen-bond donors (Lipinski definition) is 0. The summed E-state index contributed by atoms with van der Waals surface area (Å²) in [6, 6.07) is 0. The van der Waals surface area contributed by atoms with Gasteiger partial charge in [0.05, 0.1) is 5.08 Å². The van der Waals surface area contributed by atoms with E-state index in [1.807, 2.05) is 13.8 Å². The largest absolute Gasteiger partial charge is 0.221 e. The minimum atomic E-state index is 0.771. The van der Waals surface area contributed by atoms with E-state index >= 15 is 0 Å². The third kappa shape index (κ3) is 2.94. The molecule has 0 atom stereocenters. The first kappa shape index (κ1) is 12.3. The smallest absolute Gasteiger partial charge is 0.210 e. The first-order valence-electron chi connectivity index (χ1n) is 5.13. The molecule has 17 heavy (non-hydrogen) atoms. The molecule has 92 valence electrons. The molecular formula is C7H12N8S2. The van der Waals surface area contributed by atoms with Gasteiger partial charge in [0.15, 0.2) is 0 Å². The normalized spacial score (nSPS) is 10.9. The minimum absolute atomic E-state index is 0.771.